The first-order chi connectivity index (χ1) is 9.38. The molecule has 0 spiro atoms. The van der Waals surface area contributed by atoms with Crippen LogP contribution in [-0.4, -0.2) is 5.91 Å². The summed E-state index contributed by atoms with van der Waals surface area (Å²) in [7, 11) is 0. The molecule has 0 aromatic heterocycles. The van der Waals surface area contributed by atoms with Crippen LogP contribution in [0.1, 0.15) is 32.6 Å². The maximum absolute atomic E-state index is 12.4. The second-order valence-corrected chi connectivity index (χ2v) is 5.32. The predicted molar refractivity (Wildman–Crippen MR) is 84.2 cm³/mol. The summed E-state index contributed by atoms with van der Waals surface area (Å²) in [5.74, 6) is -0.166. The molecule has 0 saturated carbocycles. The van der Waals surface area contributed by atoms with Crippen LogP contribution in [0.15, 0.2) is 30.3 Å². The van der Waals surface area contributed by atoms with Crippen molar-refractivity contribution in [2.75, 3.05) is 11.1 Å². The molecule has 0 atom stereocenters. The zero-order valence-corrected chi connectivity index (χ0v) is 12.4. The highest BCUT2D eigenvalue weighted by Gasteiger charge is 2.13. The van der Waals surface area contributed by atoms with Crippen molar-refractivity contribution in [3.8, 4) is 0 Å². The smallest absolute Gasteiger partial charge is 0.257 e. The Hall–Kier alpha value is -2.29. The molecule has 0 heterocycles. The van der Waals surface area contributed by atoms with Gasteiger partial charge in [0.15, 0.2) is 0 Å². The molecule has 0 fully saturated rings. The van der Waals surface area contributed by atoms with Crippen LogP contribution >= 0.6 is 0 Å². The Morgan fingerprint density at radius 2 is 1.55 bits per heavy atom. The number of aryl methyl sites for hydroxylation is 4. The van der Waals surface area contributed by atoms with Crippen molar-refractivity contribution in [1.82, 2.24) is 0 Å². The average molecular weight is 268 g/mol. The van der Waals surface area contributed by atoms with Crippen molar-refractivity contribution in [2.24, 2.45) is 0 Å². The van der Waals surface area contributed by atoms with Gasteiger partial charge in [-0.3, -0.25) is 4.79 Å². The number of amides is 1. The van der Waals surface area contributed by atoms with E-state index in [9.17, 15) is 4.79 Å². The van der Waals surface area contributed by atoms with E-state index < -0.39 is 0 Å². The van der Waals surface area contributed by atoms with Crippen molar-refractivity contribution in [1.29, 1.82) is 0 Å². The van der Waals surface area contributed by atoms with Crippen LogP contribution in [0.25, 0.3) is 0 Å². The van der Waals surface area contributed by atoms with Crippen molar-refractivity contribution in [2.45, 2.75) is 27.7 Å². The summed E-state index contributed by atoms with van der Waals surface area (Å²) >= 11 is 0. The van der Waals surface area contributed by atoms with Gasteiger partial charge in [-0.05, 0) is 51.0 Å². The minimum Gasteiger partial charge on any atom is -0.398 e. The number of nitrogens with one attached hydrogen (secondary N) is 1. The molecule has 1 amide bonds. The number of hydrogen-bond acceptors (Lipinski definition) is 2. The monoisotopic (exact) mass is 268 g/mol. The molecule has 3 N–H and O–H groups in total. The summed E-state index contributed by atoms with van der Waals surface area (Å²) in [6, 6.07) is 9.58. The first-order valence-electron chi connectivity index (χ1n) is 6.64. The van der Waals surface area contributed by atoms with Gasteiger partial charge in [-0.15, -0.1) is 0 Å². The van der Waals surface area contributed by atoms with Crippen LogP contribution in [0.5, 0.6) is 0 Å². The Labute approximate surface area is 119 Å². The zero-order chi connectivity index (χ0) is 14.9. The number of benzene rings is 2. The lowest BCUT2D eigenvalue weighted by molar-refractivity contribution is 0.102. The highest BCUT2D eigenvalue weighted by molar-refractivity contribution is 6.08. The van der Waals surface area contributed by atoms with Crippen LogP contribution in [-0.2, 0) is 0 Å². The fourth-order valence-electron chi connectivity index (χ4n) is 2.42. The van der Waals surface area contributed by atoms with Gasteiger partial charge in [-0.1, -0.05) is 29.3 Å². The van der Waals surface area contributed by atoms with E-state index in [1.807, 2.05) is 39.8 Å². The van der Waals surface area contributed by atoms with Crippen molar-refractivity contribution >= 4 is 17.3 Å². The molecule has 0 aliphatic carbocycles. The molecule has 20 heavy (non-hydrogen) atoms. The quantitative estimate of drug-likeness (QED) is 0.815. The number of nitrogens with two attached hydrogens (primary N) is 1. The van der Waals surface area contributed by atoms with Gasteiger partial charge in [0.25, 0.3) is 5.91 Å². The van der Waals surface area contributed by atoms with E-state index in [0.717, 1.165) is 22.4 Å². The molecular formula is C17H20N2O. The van der Waals surface area contributed by atoms with Crippen molar-refractivity contribution in [3.05, 3.63) is 58.1 Å². The summed E-state index contributed by atoms with van der Waals surface area (Å²) in [6.45, 7) is 7.98. The van der Waals surface area contributed by atoms with Crippen LogP contribution < -0.4 is 11.1 Å². The number of anilines is 2. The van der Waals surface area contributed by atoms with E-state index in [-0.39, 0.29) is 5.91 Å². The fourth-order valence-corrected chi connectivity index (χ4v) is 2.42. The molecule has 0 radical (unpaired) electrons. The molecule has 104 valence electrons. The van der Waals surface area contributed by atoms with E-state index in [4.69, 9.17) is 5.73 Å². The molecular weight excluding hydrogens is 248 g/mol. The number of nitrogen functional groups attached to an aromatic ring is 1. The molecule has 0 saturated heterocycles. The van der Waals surface area contributed by atoms with Crippen LogP contribution in [0.3, 0.4) is 0 Å². The third-order valence-corrected chi connectivity index (χ3v) is 3.37. The largest absolute Gasteiger partial charge is 0.398 e. The number of carbonyl (C=O) groups excluding carboxylic acids is 1. The molecule has 2 aromatic carbocycles. The molecule has 3 nitrogen and oxygen atoms in total. The van der Waals surface area contributed by atoms with Crippen LogP contribution in [0.4, 0.5) is 11.4 Å². The van der Waals surface area contributed by atoms with E-state index >= 15 is 0 Å². The Morgan fingerprint density at radius 3 is 2.15 bits per heavy atom. The van der Waals surface area contributed by atoms with Gasteiger partial charge in [0.1, 0.15) is 0 Å². The number of carbonyl (C=O) groups is 1. The van der Waals surface area contributed by atoms with Crippen LogP contribution in [0.2, 0.25) is 0 Å². The molecule has 3 heteroatoms. The SMILES string of the molecule is Cc1cc(C)c(NC(=O)c2cc(C)ccc2N)c(C)c1. The Bertz CT molecular complexity index is 652. The van der Waals surface area contributed by atoms with Crippen LogP contribution in [0, 0.1) is 27.7 Å². The van der Waals surface area contributed by atoms with Gasteiger partial charge >= 0.3 is 0 Å². The Balaban J connectivity index is 2.35. The minimum absolute atomic E-state index is 0.166. The van der Waals surface area contributed by atoms with E-state index in [1.165, 1.54) is 5.56 Å². The van der Waals surface area contributed by atoms with E-state index in [0.29, 0.717) is 11.3 Å². The third kappa shape index (κ3) is 2.82. The lowest BCUT2D eigenvalue weighted by Crippen LogP contribution is -2.16. The highest BCUT2D eigenvalue weighted by Crippen LogP contribution is 2.23. The molecule has 0 bridgehead atoms. The molecule has 2 aromatic rings. The number of rotatable bonds is 2. The lowest BCUT2D eigenvalue weighted by Gasteiger charge is -2.14. The lowest BCUT2D eigenvalue weighted by atomic mass is 10.0. The number of hydrogen-bond donors (Lipinski definition) is 2. The topological polar surface area (TPSA) is 55.1 Å². The highest BCUT2D eigenvalue weighted by atomic mass is 16.1. The zero-order valence-electron chi connectivity index (χ0n) is 12.4. The predicted octanol–water partition coefficient (Wildman–Crippen LogP) is 3.75. The Morgan fingerprint density at radius 1 is 0.950 bits per heavy atom. The van der Waals surface area contributed by atoms with Crippen molar-refractivity contribution in [3.63, 3.8) is 0 Å². The summed E-state index contributed by atoms with van der Waals surface area (Å²) in [4.78, 5) is 12.4. The minimum atomic E-state index is -0.166. The normalized spacial score (nSPS) is 10.4. The summed E-state index contributed by atoms with van der Waals surface area (Å²) in [6.07, 6.45) is 0. The molecule has 0 aliphatic rings. The third-order valence-electron chi connectivity index (χ3n) is 3.37. The first kappa shape index (κ1) is 14.1. The molecule has 2 rings (SSSR count). The maximum atomic E-state index is 12.4. The molecule has 0 aliphatic heterocycles. The van der Waals surface area contributed by atoms with Gasteiger partial charge in [0, 0.05) is 11.4 Å². The maximum Gasteiger partial charge on any atom is 0.257 e. The van der Waals surface area contributed by atoms with Gasteiger partial charge in [0.05, 0.1) is 5.56 Å². The summed E-state index contributed by atoms with van der Waals surface area (Å²) in [5.41, 5.74) is 12.1. The Kier molecular flexibility index (Phi) is 3.79. The van der Waals surface area contributed by atoms with Gasteiger partial charge in [0.2, 0.25) is 0 Å². The molecule has 0 unspecified atom stereocenters. The summed E-state index contributed by atoms with van der Waals surface area (Å²) < 4.78 is 0. The second kappa shape index (κ2) is 5.37. The van der Waals surface area contributed by atoms with Gasteiger partial charge < -0.3 is 11.1 Å². The fraction of sp³-hybridized carbons (Fsp3) is 0.235. The summed E-state index contributed by atoms with van der Waals surface area (Å²) in [5, 5.41) is 2.97. The average Bonchev–Trinajstić information content (AvgIpc) is 2.36. The van der Waals surface area contributed by atoms with E-state index in [1.54, 1.807) is 6.07 Å². The van der Waals surface area contributed by atoms with E-state index in [2.05, 4.69) is 17.4 Å². The second-order valence-electron chi connectivity index (χ2n) is 5.32. The van der Waals surface area contributed by atoms with Crippen molar-refractivity contribution < 1.29 is 4.79 Å². The van der Waals surface area contributed by atoms with Gasteiger partial charge in [-0.2, -0.15) is 0 Å². The standard InChI is InChI=1S/C17H20N2O/c1-10-5-6-15(18)14(9-10)17(20)19-16-12(3)7-11(2)8-13(16)4/h5-9H,18H2,1-4H3,(H,19,20). The first-order valence-corrected chi connectivity index (χ1v) is 6.64. The van der Waals surface area contributed by atoms with Gasteiger partial charge in [-0.25, -0.2) is 0 Å².